The molecule has 3 N–H and O–H groups in total. The van der Waals surface area contributed by atoms with Gasteiger partial charge >= 0.3 is 6.03 Å². The summed E-state index contributed by atoms with van der Waals surface area (Å²) in [7, 11) is -3.23. The molecule has 0 spiro atoms. The fraction of sp³-hybridized carbons (Fsp3) is 0.333. The summed E-state index contributed by atoms with van der Waals surface area (Å²) in [6.45, 7) is 2.28. The quantitative estimate of drug-likeness (QED) is 0.720. The summed E-state index contributed by atoms with van der Waals surface area (Å²) < 4.78 is 25.1. The predicted molar refractivity (Wildman–Crippen MR) is 84.2 cm³/mol. The fourth-order valence-corrected chi connectivity index (χ4v) is 2.99. The molecule has 114 valence electrons. The molecule has 0 unspecified atom stereocenters. The highest BCUT2D eigenvalue weighted by molar-refractivity contribution is 7.88. The molecule has 0 atom stereocenters. The summed E-state index contributed by atoms with van der Waals surface area (Å²) in [5, 5.41) is 6.21. The van der Waals surface area contributed by atoms with Gasteiger partial charge < -0.3 is 10.6 Å². The summed E-state index contributed by atoms with van der Waals surface area (Å²) in [5.41, 5.74) is 1.48. The number of aromatic nitrogens is 1. The van der Waals surface area contributed by atoms with Gasteiger partial charge in [0.05, 0.1) is 21.5 Å². The SMILES string of the molecule is Cc1nc2cc(NC(=O)NCCNS(C)(=O)=O)ccc2s1. The number of benzene rings is 1. The summed E-state index contributed by atoms with van der Waals surface area (Å²) in [6.07, 6.45) is 1.07. The maximum absolute atomic E-state index is 11.7. The second-order valence-electron chi connectivity index (χ2n) is 4.46. The van der Waals surface area contributed by atoms with Crippen LogP contribution in [0.4, 0.5) is 10.5 Å². The van der Waals surface area contributed by atoms with E-state index in [0.717, 1.165) is 21.5 Å². The molecule has 9 heteroatoms. The lowest BCUT2D eigenvalue weighted by molar-refractivity contribution is 0.252. The van der Waals surface area contributed by atoms with E-state index in [9.17, 15) is 13.2 Å². The summed E-state index contributed by atoms with van der Waals surface area (Å²) in [6, 6.07) is 5.11. The van der Waals surface area contributed by atoms with Gasteiger partial charge in [0, 0.05) is 18.8 Å². The van der Waals surface area contributed by atoms with Gasteiger partial charge in [-0.15, -0.1) is 11.3 Å². The third-order valence-electron chi connectivity index (χ3n) is 2.53. The molecule has 21 heavy (non-hydrogen) atoms. The maximum Gasteiger partial charge on any atom is 0.319 e. The van der Waals surface area contributed by atoms with Crippen molar-refractivity contribution in [2.45, 2.75) is 6.92 Å². The van der Waals surface area contributed by atoms with E-state index in [1.807, 2.05) is 13.0 Å². The van der Waals surface area contributed by atoms with Crippen molar-refractivity contribution in [1.82, 2.24) is 15.0 Å². The van der Waals surface area contributed by atoms with E-state index in [1.54, 1.807) is 23.5 Å². The van der Waals surface area contributed by atoms with Gasteiger partial charge in [0.2, 0.25) is 10.0 Å². The summed E-state index contributed by atoms with van der Waals surface area (Å²) in [5.74, 6) is 0. The number of nitrogens with one attached hydrogen (secondary N) is 3. The number of hydrogen-bond donors (Lipinski definition) is 3. The van der Waals surface area contributed by atoms with Crippen LogP contribution in [0.15, 0.2) is 18.2 Å². The smallest absolute Gasteiger partial charge is 0.319 e. The lowest BCUT2D eigenvalue weighted by atomic mass is 10.3. The Balaban J connectivity index is 1.86. The van der Waals surface area contributed by atoms with Gasteiger partial charge in [-0.1, -0.05) is 0 Å². The number of nitrogens with zero attached hydrogens (tertiary/aromatic N) is 1. The van der Waals surface area contributed by atoms with Crippen molar-refractivity contribution in [1.29, 1.82) is 0 Å². The molecule has 0 saturated carbocycles. The maximum atomic E-state index is 11.7. The number of urea groups is 1. The Kier molecular flexibility index (Phi) is 4.76. The van der Waals surface area contributed by atoms with Gasteiger partial charge in [-0.2, -0.15) is 0 Å². The minimum absolute atomic E-state index is 0.149. The first kappa shape index (κ1) is 15.7. The van der Waals surface area contributed by atoms with Crippen molar-refractivity contribution in [2.24, 2.45) is 0 Å². The zero-order valence-corrected chi connectivity index (χ0v) is 13.3. The Labute approximate surface area is 126 Å². The Bertz CT molecular complexity index is 755. The van der Waals surface area contributed by atoms with Crippen molar-refractivity contribution < 1.29 is 13.2 Å². The average Bonchev–Trinajstić information content (AvgIpc) is 2.73. The van der Waals surface area contributed by atoms with E-state index < -0.39 is 16.1 Å². The molecule has 0 fully saturated rings. The number of anilines is 1. The van der Waals surface area contributed by atoms with Crippen LogP contribution in [0, 0.1) is 6.92 Å². The lowest BCUT2D eigenvalue weighted by Crippen LogP contribution is -2.36. The van der Waals surface area contributed by atoms with E-state index in [0.29, 0.717) is 5.69 Å². The molecule has 2 rings (SSSR count). The van der Waals surface area contributed by atoms with Crippen LogP contribution < -0.4 is 15.4 Å². The largest absolute Gasteiger partial charge is 0.337 e. The summed E-state index contributed by atoms with van der Waals surface area (Å²) in [4.78, 5) is 16.0. The van der Waals surface area contributed by atoms with Crippen LogP contribution in [-0.4, -0.2) is 38.8 Å². The molecule has 0 radical (unpaired) electrons. The second kappa shape index (κ2) is 6.37. The van der Waals surface area contributed by atoms with Crippen molar-refractivity contribution in [3.05, 3.63) is 23.2 Å². The minimum Gasteiger partial charge on any atom is -0.337 e. The number of rotatable bonds is 5. The zero-order chi connectivity index (χ0) is 15.5. The third-order valence-corrected chi connectivity index (χ3v) is 4.21. The Hall–Kier alpha value is -1.71. The van der Waals surface area contributed by atoms with Crippen LogP contribution in [0.3, 0.4) is 0 Å². The number of sulfonamides is 1. The third kappa shape index (κ3) is 4.96. The van der Waals surface area contributed by atoms with Crippen LogP contribution in [0.5, 0.6) is 0 Å². The second-order valence-corrected chi connectivity index (χ2v) is 7.53. The van der Waals surface area contributed by atoms with Crippen molar-refractivity contribution in [3.63, 3.8) is 0 Å². The van der Waals surface area contributed by atoms with E-state index in [-0.39, 0.29) is 13.1 Å². The molecule has 0 aliphatic rings. The van der Waals surface area contributed by atoms with Gasteiger partial charge in [0.25, 0.3) is 0 Å². The highest BCUT2D eigenvalue weighted by atomic mass is 32.2. The first-order valence-corrected chi connectivity index (χ1v) is 8.91. The number of hydrogen-bond acceptors (Lipinski definition) is 5. The highest BCUT2D eigenvalue weighted by Crippen LogP contribution is 2.24. The van der Waals surface area contributed by atoms with Gasteiger partial charge in [-0.25, -0.2) is 22.9 Å². The molecule has 0 aliphatic carbocycles. The number of carbonyl (C=O) groups is 1. The van der Waals surface area contributed by atoms with Crippen LogP contribution in [0.25, 0.3) is 10.2 Å². The number of carbonyl (C=O) groups excluding carboxylic acids is 1. The monoisotopic (exact) mass is 328 g/mol. The number of thiazole rings is 1. The molecule has 0 saturated heterocycles. The molecule has 2 amide bonds. The van der Waals surface area contributed by atoms with Crippen LogP contribution in [0.1, 0.15) is 5.01 Å². The molecular formula is C12H16N4O3S2. The number of fused-ring (bicyclic) bond motifs is 1. The van der Waals surface area contributed by atoms with Crippen LogP contribution in [0.2, 0.25) is 0 Å². The predicted octanol–water partition coefficient (Wildman–Crippen LogP) is 1.28. The van der Waals surface area contributed by atoms with Gasteiger partial charge in [0.1, 0.15) is 0 Å². The van der Waals surface area contributed by atoms with Crippen LogP contribution >= 0.6 is 11.3 Å². The zero-order valence-electron chi connectivity index (χ0n) is 11.6. The lowest BCUT2D eigenvalue weighted by Gasteiger charge is -2.07. The molecule has 0 bridgehead atoms. The standard InChI is InChI=1S/C12H16N4O3S2/c1-8-15-10-7-9(3-4-11(10)20-8)16-12(17)13-5-6-14-21(2,18)19/h3-4,7,14H,5-6H2,1-2H3,(H2,13,16,17). The van der Waals surface area contributed by atoms with Crippen LogP contribution in [-0.2, 0) is 10.0 Å². The fourth-order valence-electron chi connectivity index (χ4n) is 1.71. The molecule has 1 heterocycles. The molecular weight excluding hydrogens is 312 g/mol. The highest BCUT2D eigenvalue weighted by Gasteiger charge is 2.05. The van der Waals surface area contributed by atoms with Gasteiger partial charge in [-0.3, -0.25) is 0 Å². The van der Waals surface area contributed by atoms with E-state index in [4.69, 9.17) is 0 Å². The number of amides is 2. The topological polar surface area (TPSA) is 100 Å². The normalized spacial score (nSPS) is 11.5. The summed E-state index contributed by atoms with van der Waals surface area (Å²) >= 11 is 1.59. The van der Waals surface area contributed by atoms with Crippen molar-refractivity contribution in [3.8, 4) is 0 Å². The number of aryl methyl sites for hydroxylation is 1. The first-order valence-electron chi connectivity index (χ1n) is 6.20. The Morgan fingerprint density at radius 2 is 2.10 bits per heavy atom. The molecule has 1 aromatic carbocycles. The van der Waals surface area contributed by atoms with Crippen molar-refractivity contribution >= 4 is 43.3 Å². The minimum atomic E-state index is -3.23. The van der Waals surface area contributed by atoms with Gasteiger partial charge in [0.15, 0.2) is 0 Å². The van der Waals surface area contributed by atoms with E-state index in [1.165, 1.54) is 0 Å². The Morgan fingerprint density at radius 3 is 2.81 bits per heavy atom. The first-order chi connectivity index (χ1) is 9.83. The van der Waals surface area contributed by atoms with E-state index >= 15 is 0 Å². The van der Waals surface area contributed by atoms with Crippen molar-refractivity contribution in [2.75, 3.05) is 24.7 Å². The van der Waals surface area contributed by atoms with Gasteiger partial charge in [-0.05, 0) is 25.1 Å². The molecule has 7 nitrogen and oxygen atoms in total. The van der Waals surface area contributed by atoms with E-state index in [2.05, 4.69) is 20.3 Å². The Morgan fingerprint density at radius 1 is 1.33 bits per heavy atom. The molecule has 1 aromatic heterocycles. The molecule has 2 aromatic rings. The average molecular weight is 328 g/mol. The molecule has 0 aliphatic heterocycles.